The summed E-state index contributed by atoms with van der Waals surface area (Å²) in [6, 6.07) is 15.4. The third-order valence-corrected chi connectivity index (χ3v) is 5.23. The number of aromatic carboxylic acids is 1. The maximum atomic E-state index is 12.7. The Balaban J connectivity index is 0.000000479. The van der Waals surface area contributed by atoms with Crippen LogP contribution in [0.3, 0.4) is 0 Å². The lowest BCUT2D eigenvalue weighted by atomic mass is 10.1. The molecule has 0 atom stereocenters. The van der Waals surface area contributed by atoms with Crippen LogP contribution in [-0.2, 0) is 4.79 Å². The Hall–Kier alpha value is -4.68. The zero-order chi connectivity index (χ0) is 27.0. The van der Waals surface area contributed by atoms with Crippen molar-refractivity contribution in [1.29, 1.82) is 0 Å². The van der Waals surface area contributed by atoms with Gasteiger partial charge in [0.05, 0.1) is 16.9 Å². The summed E-state index contributed by atoms with van der Waals surface area (Å²) in [6.07, 6.45) is -1.65. The van der Waals surface area contributed by atoms with Crippen LogP contribution in [0.1, 0.15) is 20.7 Å². The lowest BCUT2D eigenvalue weighted by Crippen LogP contribution is -2.47. The third-order valence-electron chi connectivity index (χ3n) is 5.23. The standard InChI is InChI=1S/C22H21N5O3.C2HF3O2/c28-20(16-5-2-1-3-6-16)25-18-15-17(21(29)30)7-8-19(18)26-11-13-27(14-12-26)22-23-9-4-10-24-22;3-2(4,5)1(6)7/h1-10,15H,11-14H2,(H,25,28)(H,29,30);(H,6,7). The summed E-state index contributed by atoms with van der Waals surface area (Å²) >= 11 is 0. The van der Waals surface area contributed by atoms with Gasteiger partial charge in [-0.2, -0.15) is 13.2 Å². The summed E-state index contributed by atoms with van der Waals surface area (Å²) in [6.45, 7) is 2.82. The summed E-state index contributed by atoms with van der Waals surface area (Å²) in [5.74, 6) is -3.39. The average Bonchev–Trinajstić information content (AvgIpc) is 2.89. The molecule has 0 unspecified atom stereocenters. The largest absolute Gasteiger partial charge is 0.490 e. The van der Waals surface area contributed by atoms with Crippen molar-refractivity contribution in [1.82, 2.24) is 9.97 Å². The van der Waals surface area contributed by atoms with Gasteiger partial charge in [0.25, 0.3) is 5.91 Å². The molecular weight excluding hydrogens is 495 g/mol. The first-order valence-electron chi connectivity index (χ1n) is 10.9. The topological polar surface area (TPSA) is 136 Å². The summed E-state index contributed by atoms with van der Waals surface area (Å²) in [7, 11) is 0. The van der Waals surface area contributed by atoms with E-state index in [9.17, 15) is 27.9 Å². The average molecular weight is 517 g/mol. The van der Waals surface area contributed by atoms with E-state index in [0.717, 1.165) is 18.8 Å². The van der Waals surface area contributed by atoms with Crippen molar-refractivity contribution in [3.8, 4) is 0 Å². The fraction of sp³-hybridized carbons (Fsp3) is 0.208. The molecule has 0 bridgehead atoms. The quantitative estimate of drug-likeness (QED) is 0.465. The number of nitrogens with zero attached hydrogens (tertiary/aromatic N) is 4. The number of alkyl halides is 3. The van der Waals surface area contributed by atoms with E-state index in [4.69, 9.17) is 9.90 Å². The molecule has 1 aliphatic rings. The molecule has 0 spiro atoms. The van der Waals surface area contributed by atoms with Gasteiger partial charge >= 0.3 is 18.1 Å². The number of rotatable bonds is 5. The van der Waals surface area contributed by atoms with E-state index in [1.165, 1.54) is 6.07 Å². The number of nitrogens with one attached hydrogen (secondary N) is 1. The van der Waals surface area contributed by atoms with Gasteiger partial charge in [0, 0.05) is 44.1 Å². The van der Waals surface area contributed by atoms with Crippen molar-refractivity contribution in [2.45, 2.75) is 6.18 Å². The van der Waals surface area contributed by atoms with Gasteiger partial charge < -0.3 is 25.3 Å². The van der Waals surface area contributed by atoms with Gasteiger partial charge in [-0.25, -0.2) is 19.6 Å². The Labute approximate surface area is 209 Å². The number of carboxylic acid groups (broad SMARTS) is 2. The number of carboxylic acids is 2. The normalized spacial score (nSPS) is 13.3. The summed E-state index contributed by atoms with van der Waals surface area (Å²) < 4.78 is 31.7. The SMILES string of the molecule is O=C(O)C(F)(F)F.O=C(O)c1ccc(N2CCN(c3ncccn3)CC2)c(NC(=O)c2ccccc2)c1. The number of hydrogen-bond donors (Lipinski definition) is 3. The Morgan fingerprint density at radius 2 is 1.38 bits per heavy atom. The molecule has 4 rings (SSSR count). The van der Waals surface area contributed by atoms with Gasteiger partial charge in [0.1, 0.15) is 0 Å². The lowest BCUT2D eigenvalue weighted by Gasteiger charge is -2.37. The van der Waals surface area contributed by atoms with Gasteiger partial charge in [0.15, 0.2) is 0 Å². The van der Waals surface area contributed by atoms with Crippen LogP contribution in [0.5, 0.6) is 0 Å². The Bertz CT molecular complexity index is 1230. The van der Waals surface area contributed by atoms with Crippen molar-refractivity contribution in [2.75, 3.05) is 41.3 Å². The van der Waals surface area contributed by atoms with Crippen molar-refractivity contribution >= 4 is 35.2 Å². The van der Waals surface area contributed by atoms with E-state index >= 15 is 0 Å². The smallest absolute Gasteiger partial charge is 0.478 e. The molecule has 3 aromatic rings. The molecule has 3 N–H and O–H groups in total. The number of anilines is 3. The minimum Gasteiger partial charge on any atom is -0.478 e. The number of aromatic nitrogens is 2. The third kappa shape index (κ3) is 7.40. The van der Waals surface area contributed by atoms with E-state index < -0.39 is 18.1 Å². The first kappa shape index (κ1) is 26.9. The summed E-state index contributed by atoms with van der Waals surface area (Å²) in [5.41, 5.74) is 1.90. The molecule has 13 heteroatoms. The predicted molar refractivity (Wildman–Crippen MR) is 128 cm³/mol. The highest BCUT2D eigenvalue weighted by Crippen LogP contribution is 2.29. The van der Waals surface area contributed by atoms with Crippen LogP contribution in [0.2, 0.25) is 0 Å². The molecule has 1 saturated heterocycles. The molecule has 1 fully saturated rings. The van der Waals surface area contributed by atoms with Gasteiger partial charge in [-0.15, -0.1) is 0 Å². The minimum atomic E-state index is -5.08. The Morgan fingerprint density at radius 1 is 0.811 bits per heavy atom. The molecule has 10 nitrogen and oxygen atoms in total. The first-order chi connectivity index (χ1) is 17.6. The van der Waals surface area contributed by atoms with E-state index in [1.54, 1.807) is 54.9 Å². The second-order valence-corrected chi connectivity index (χ2v) is 7.68. The molecule has 2 heterocycles. The highest BCUT2D eigenvalue weighted by atomic mass is 19.4. The fourth-order valence-corrected chi connectivity index (χ4v) is 3.43. The number of carbonyl (C=O) groups is 3. The molecule has 0 saturated carbocycles. The molecule has 0 radical (unpaired) electrons. The van der Waals surface area contributed by atoms with Gasteiger partial charge in [0.2, 0.25) is 5.95 Å². The molecule has 2 aromatic carbocycles. The van der Waals surface area contributed by atoms with Crippen LogP contribution in [0.4, 0.5) is 30.5 Å². The summed E-state index contributed by atoms with van der Waals surface area (Å²) in [4.78, 5) is 45.8. The molecule has 194 valence electrons. The molecule has 1 aromatic heterocycles. The van der Waals surface area contributed by atoms with Gasteiger partial charge in [-0.05, 0) is 36.4 Å². The van der Waals surface area contributed by atoms with Crippen molar-refractivity contribution in [3.05, 3.63) is 78.1 Å². The minimum absolute atomic E-state index is 0.124. The maximum absolute atomic E-state index is 12.7. The van der Waals surface area contributed by atoms with E-state index in [0.29, 0.717) is 30.3 Å². The molecular formula is C24H22F3N5O5. The number of hydrogen-bond acceptors (Lipinski definition) is 7. The molecule has 1 amide bonds. The van der Waals surface area contributed by atoms with E-state index in [2.05, 4.69) is 25.1 Å². The molecule has 0 aliphatic carbocycles. The van der Waals surface area contributed by atoms with Gasteiger partial charge in [-0.1, -0.05) is 18.2 Å². The van der Waals surface area contributed by atoms with Crippen LogP contribution in [-0.4, -0.2) is 70.4 Å². The number of benzene rings is 2. The monoisotopic (exact) mass is 517 g/mol. The zero-order valence-corrected chi connectivity index (χ0v) is 19.2. The highest BCUT2D eigenvalue weighted by molar-refractivity contribution is 6.06. The molecule has 37 heavy (non-hydrogen) atoms. The number of amides is 1. The Morgan fingerprint density at radius 3 is 1.92 bits per heavy atom. The second-order valence-electron chi connectivity index (χ2n) is 7.68. The number of halogens is 3. The highest BCUT2D eigenvalue weighted by Gasteiger charge is 2.38. The fourth-order valence-electron chi connectivity index (χ4n) is 3.43. The maximum Gasteiger partial charge on any atom is 0.490 e. The lowest BCUT2D eigenvalue weighted by molar-refractivity contribution is -0.192. The Kier molecular flexibility index (Phi) is 8.61. The zero-order valence-electron chi connectivity index (χ0n) is 19.2. The number of aliphatic carboxylic acids is 1. The predicted octanol–water partition coefficient (Wildman–Crippen LogP) is 3.39. The van der Waals surface area contributed by atoms with Crippen molar-refractivity contribution in [2.24, 2.45) is 0 Å². The first-order valence-corrected chi connectivity index (χ1v) is 10.9. The van der Waals surface area contributed by atoms with Crippen LogP contribution in [0.25, 0.3) is 0 Å². The van der Waals surface area contributed by atoms with Crippen molar-refractivity contribution in [3.63, 3.8) is 0 Å². The number of carbonyl (C=O) groups excluding carboxylic acids is 1. The van der Waals surface area contributed by atoms with Crippen molar-refractivity contribution < 1.29 is 37.8 Å². The van der Waals surface area contributed by atoms with Crippen LogP contribution in [0.15, 0.2) is 67.0 Å². The van der Waals surface area contributed by atoms with Crippen LogP contribution >= 0.6 is 0 Å². The summed E-state index contributed by atoms with van der Waals surface area (Å²) in [5, 5.41) is 19.4. The van der Waals surface area contributed by atoms with Crippen LogP contribution in [0, 0.1) is 0 Å². The van der Waals surface area contributed by atoms with Crippen LogP contribution < -0.4 is 15.1 Å². The van der Waals surface area contributed by atoms with Gasteiger partial charge in [-0.3, -0.25) is 4.79 Å². The van der Waals surface area contributed by atoms with E-state index in [1.807, 2.05) is 6.07 Å². The second kappa shape index (κ2) is 11.8. The molecule has 1 aliphatic heterocycles. The number of piperazine rings is 1. The van der Waals surface area contributed by atoms with E-state index in [-0.39, 0.29) is 11.5 Å².